The van der Waals surface area contributed by atoms with Gasteiger partial charge in [-0.05, 0) is 36.3 Å². The van der Waals surface area contributed by atoms with Crippen molar-refractivity contribution in [2.45, 2.75) is 51.6 Å². The summed E-state index contributed by atoms with van der Waals surface area (Å²) in [7, 11) is 0. The second kappa shape index (κ2) is 5.30. The first kappa shape index (κ1) is 13.8. The van der Waals surface area contributed by atoms with Gasteiger partial charge < -0.3 is 5.32 Å². The van der Waals surface area contributed by atoms with Gasteiger partial charge in [-0.2, -0.15) is 0 Å². The number of aromatic nitrogens is 1. The van der Waals surface area contributed by atoms with Crippen LogP contribution in [-0.4, -0.2) is 4.98 Å². The van der Waals surface area contributed by atoms with Crippen molar-refractivity contribution < 1.29 is 0 Å². The maximum absolute atomic E-state index is 4.33. The lowest BCUT2D eigenvalue weighted by Gasteiger charge is -2.37. The smallest absolute Gasteiger partial charge is 0.0798 e. The van der Waals surface area contributed by atoms with E-state index < -0.39 is 0 Å². The normalized spacial score (nSPS) is 20.6. The molecule has 0 bridgehead atoms. The van der Waals surface area contributed by atoms with Crippen molar-refractivity contribution in [3.8, 4) is 0 Å². The van der Waals surface area contributed by atoms with Crippen molar-refractivity contribution >= 4 is 11.3 Å². The standard InChI is InChI=1S/C17H22N2S/c1-12-16(20-11-19-12)10-18-15-8-9-17(2,3)14-7-5-4-6-13(14)15/h4-7,11,15,18H,8-10H2,1-3H3. The van der Waals surface area contributed by atoms with Gasteiger partial charge in [-0.3, -0.25) is 0 Å². The van der Waals surface area contributed by atoms with Gasteiger partial charge in [0.1, 0.15) is 0 Å². The topological polar surface area (TPSA) is 24.9 Å². The third-order valence-corrected chi connectivity index (χ3v) is 5.41. The van der Waals surface area contributed by atoms with E-state index in [4.69, 9.17) is 0 Å². The number of thiazole rings is 1. The van der Waals surface area contributed by atoms with Crippen molar-refractivity contribution in [1.29, 1.82) is 0 Å². The summed E-state index contributed by atoms with van der Waals surface area (Å²) in [6, 6.07) is 9.37. The zero-order chi connectivity index (χ0) is 14.2. The predicted molar refractivity (Wildman–Crippen MR) is 85.1 cm³/mol. The monoisotopic (exact) mass is 286 g/mol. The Hall–Kier alpha value is -1.19. The van der Waals surface area contributed by atoms with Crippen LogP contribution in [0.15, 0.2) is 29.8 Å². The highest BCUT2D eigenvalue weighted by Crippen LogP contribution is 2.41. The molecule has 0 radical (unpaired) electrons. The summed E-state index contributed by atoms with van der Waals surface area (Å²) in [5.74, 6) is 0. The molecule has 3 rings (SSSR count). The zero-order valence-corrected chi connectivity index (χ0v) is 13.3. The maximum Gasteiger partial charge on any atom is 0.0798 e. The number of hydrogen-bond acceptors (Lipinski definition) is 3. The van der Waals surface area contributed by atoms with Crippen molar-refractivity contribution in [3.63, 3.8) is 0 Å². The van der Waals surface area contributed by atoms with Gasteiger partial charge in [-0.25, -0.2) is 4.98 Å². The van der Waals surface area contributed by atoms with Crippen LogP contribution in [0.1, 0.15) is 54.4 Å². The van der Waals surface area contributed by atoms with Crippen LogP contribution in [0.5, 0.6) is 0 Å². The molecule has 3 heteroatoms. The molecule has 0 spiro atoms. The Morgan fingerprint density at radius 2 is 2.15 bits per heavy atom. The molecule has 1 unspecified atom stereocenters. The van der Waals surface area contributed by atoms with Crippen LogP contribution in [0.2, 0.25) is 0 Å². The molecule has 0 fully saturated rings. The lowest BCUT2D eigenvalue weighted by Crippen LogP contribution is -2.32. The molecule has 0 saturated carbocycles. The first-order chi connectivity index (χ1) is 9.58. The molecular weight excluding hydrogens is 264 g/mol. The zero-order valence-electron chi connectivity index (χ0n) is 12.4. The Morgan fingerprint density at radius 3 is 2.90 bits per heavy atom. The second-order valence-corrected chi connectivity index (χ2v) is 7.24. The largest absolute Gasteiger partial charge is 0.305 e. The highest BCUT2D eigenvalue weighted by molar-refractivity contribution is 7.09. The Labute approximate surface area is 125 Å². The molecule has 1 heterocycles. The number of hydrogen-bond donors (Lipinski definition) is 1. The molecule has 1 aliphatic rings. The molecule has 1 aliphatic carbocycles. The van der Waals surface area contributed by atoms with E-state index in [1.54, 1.807) is 11.3 Å². The maximum atomic E-state index is 4.33. The minimum Gasteiger partial charge on any atom is -0.305 e. The van der Waals surface area contributed by atoms with Gasteiger partial charge in [-0.1, -0.05) is 38.1 Å². The Morgan fingerprint density at radius 1 is 1.35 bits per heavy atom. The number of fused-ring (bicyclic) bond motifs is 1. The summed E-state index contributed by atoms with van der Waals surface area (Å²) in [5, 5.41) is 3.73. The molecule has 0 saturated heterocycles. The molecule has 106 valence electrons. The van der Waals surface area contributed by atoms with Crippen molar-refractivity contribution in [2.24, 2.45) is 0 Å². The molecule has 0 amide bonds. The number of benzene rings is 1. The highest BCUT2D eigenvalue weighted by Gasteiger charge is 2.31. The van der Waals surface area contributed by atoms with Gasteiger partial charge in [0.15, 0.2) is 0 Å². The van der Waals surface area contributed by atoms with Gasteiger partial charge in [0.05, 0.1) is 11.2 Å². The number of rotatable bonds is 3. The van der Waals surface area contributed by atoms with Crippen LogP contribution in [-0.2, 0) is 12.0 Å². The van der Waals surface area contributed by atoms with Crippen molar-refractivity contribution in [3.05, 3.63) is 51.5 Å². The van der Waals surface area contributed by atoms with Crippen LogP contribution < -0.4 is 5.32 Å². The quantitative estimate of drug-likeness (QED) is 0.907. The summed E-state index contributed by atoms with van der Waals surface area (Å²) in [6.45, 7) is 7.73. The van der Waals surface area contributed by atoms with Gasteiger partial charge in [-0.15, -0.1) is 11.3 Å². The van der Waals surface area contributed by atoms with Gasteiger partial charge in [0.2, 0.25) is 0 Å². The Kier molecular flexibility index (Phi) is 3.65. The predicted octanol–water partition coefficient (Wildman–Crippen LogP) is 4.35. The summed E-state index contributed by atoms with van der Waals surface area (Å²) in [5.41, 5.74) is 6.38. The molecule has 1 aromatic heterocycles. The van der Waals surface area contributed by atoms with E-state index in [0.717, 1.165) is 12.2 Å². The fourth-order valence-corrected chi connectivity index (χ4v) is 3.86. The van der Waals surface area contributed by atoms with E-state index in [1.165, 1.54) is 28.8 Å². The number of aryl methyl sites for hydroxylation is 1. The van der Waals surface area contributed by atoms with Crippen LogP contribution >= 0.6 is 11.3 Å². The van der Waals surface area contributed by atoms with E-state index in [0.29, 0.717) is 11.5 Å². The molecule has 2 nitrogen and oxygen atoms in total. The summed E-state index contributed by atoms with van der Waals surface area (Å²) < 4.78 is 0. The number of nitrogens with one attached hydrogen (secondary N) is 1. The summed E-state index contributed by atoms with van der Waals surface area (Å²) >= 11 is 1.75. The summed E-state index contributed by atoms with van der Waals surface area (Å²) in [6.07, 6.45) is 2.45. The third-order valence-electron chi connectivity index (χ3n) is 4.48. The molecule has 2 aromatic rings. The molecule has 1 aromatic carbocycles. The molecule has 0 aliphatic heterocycles. The van der Waals surface area contributed by atoms with Gasteiger partial charge in [0.25, 0.3) is 0 Å². The van der Waals surface area contributed by atoms with E-state index in [1.807, 2.05) is 5.51 Å². The fourth-order valence-electron chi connectivity index (χ4n) is 3.14. The lowest BCUT2D eigenvalue weighted by molar-refractivity contribution is 0.358. The summed E-state index contributed by atoms with van der Waals surface area (Å²) in [4.78, 5) is 5.68. The average Bonchev–Trinajstić information content (AvgIpc) is 2.84. The molecule has 1 atom stereocenters. The minimum absolute atomic E-state index is 0.301. The fraction of sp³-hybridized carbons (Fsp3) is 0.471. The third kappa shape index (κ3) is 2.52. The van der Waals surface area contributed by atoms with Crippen LogP contribution in [0.3, 0.4) is 0 Å². The van der Waals surface area contributed by atoms with Crippen LogP contribution in [0.25, 0.3) is 0 Å². The lowest BCUT2D eigenvalue weighted by atomic mass is 9.71. The molecule has 1 N–H and O–H groups in total. The Bertz CT molecular complexity index is 601. The van der Waals surface area contributed by atoms with Gasteiger partial charge in [0, 0.05) is 17.5 Å². The second-order valence-electron chi connectivity index (χ2n) is 6.30. The molecular formula is C17H22N2S. The molecule has 20 heavy (non-hydrogen) atoms. The number of nitrogens with zero attached hydrogens (tertiary/aromatic N) is 1. The van der Waals surface area contributed by atoms with E-state index >= 15 is 0 Å². The Balaban J connectivity index is 1.80. The SMILES string of the molecule is Cc1ncsc1CNC1CCC(C)(C)c2ccccc21. The van der Waals surface area contributed by atoms with Crippen molar-refractivity contribution in [1.82, 2.24) is 10.3 Å². The van der Waals surface area contributed by atoms with Crippen LogP contribution in [0, 0.1) is 6.92 Å². The van der Waals surface area contributed by atoms with Gasteiger partial charge >= 0.3 is 0 Å². The minimum atomic E-state index is 0.301. The highest BCUT2D eigenvalue weighted by atomic mass is 32.1. The van der Waals surface area contributed by atoms with E-state index in [9.17, 15) is 0 Å². The van der Waals surface area contributed by atoms with E-state index in [-0.39, 0.29) is 0 Å². The first-order valence-corrected chi connectivity index (χ1v) is 8.17. The van der Waals surface area contributed by atoms with Crippen molar-refractivity contribution in [2.75, 3.05) is 0 Å². The van der Waals surface area contributed by atoms with E-state index in [2.05, 4.69) is 55.3 Å². The van der Waals surface area contributed by atoms with Crippen LogP contribution in [0.4, 0.5) is 0 Å². The first-order valence-electron chi connectivity index (χ1n) is 7.30. The average molecular weight is 286 g/mol.